The van der Waals surface area contributed by atoms with Crippen molar-refractivity contribution < 1.29 is 100 Å². The Morgan fingerprint density at radius 3 is 0.410 bits per heavy atom. The van der Waals surface area contributed by atoms with Crippen LogP contribution in [0.25, 0.3) is 0 Å². The summed E-state index contributed by atoms with van der Waals surface area (Å²) in [5.41, 5.74) is 31.6. The van der Waals surface area contributed by atoms with Crippen LogP contribution in [-0.4, -0.2) is 110 Å². The van der Waals surface area contributed by atoms with Crippen LogP contribution in [0.2, 0.25) is 0 Å². The molecule has 0 aromatic heterocycles. The zero-order chi connectivity index (χ0) is 32.0. The van der Waals surface area contributed by atoms with Crippen LogP contribution in [-0.2, 0) is 59.8 Å². The predicted octanol–water partition coefficient (Wildman–Crippen LogP) is -16.4. The predicted molar refractivity (Wildman–Crippen MR) is 112 cm³/mol. The Hall–Kier alpha value is -2.32. The van der Waals surface area contributed by atoms with Crippen molar-refractivity contribution in [3.63, 3.8) is 0 Å². The third kappa shape index (κ3) is 297. The summed E-state index contributed by atoms with van der Waals surface area (Å²) in [5, 5.41) is 63.9. The summed E-state index contributed by atoms with van der Waals surface area (Å²) in [6.07, 6.45) is 0. The van der Waals surface area contributed by atoms with Gasteiger partial charge in [0.1, 0.15) is 0 Å². The Morgan fingerprint density at radius 1 is 0.385 bits per heavy atom. The van der Waals surface area contributed by atoms with Crippen LogP contribution < -0.4 is 75.9 Å². The molecule has 0 heterocycles. The molecule has 0 spiro atoms. The van der Waals surface area contributed by atoms with Gasteiger partial charge in [-0.15, -0.1) is 0 Å². The van der Waals surface area contributed by atoms with E-state index in [4.69, 9.17) is 74.0 Å². The van der Waals surface area contributed by atoms with Gasteiger partial charge in [0, 0.05) is 45.8 Å². The first-order valence-electron chi connectivity index (χ1n) is 8.36. The maximum atomic E-state index is 9.13. The number of halogens is 1. The topological polar surface area (TPSA) is 483 Å². The van der Waals surface area contributed by atoms with Crippen LogP contribution in [0.4, 0.5) is 0 Å². The molecule has 0 saturated heterocycles. The molecule has 15 N–H and O–H groups in total. The molecule has 0 aromatic rings. The van der Waals surface area contributed by atoms with E-state index in [2.05, 4.69) is 52.0 Å². The molecule has 0 amide bonds. The molecule has 0 aliphatic rings. The average molecular weight is 689 g/mol. The van der Waals surface area contributed by atoms with Crippen molar-refractivity contribution in [2.45, 2.75) is 0 Å². The van der Waals surface area contributed by atoms with Crippen LogP contribution in [0.15, 0.2) is 0 Å². The van der Waals surface area contributed by atoms with Crippen LogP contribution in [0.3, 0.4) is 0 Å². The molecule has 0 saturated carbocycles. The fourth-order valence-electron chi connectivity index (χ4n) is 0. The molecular weight excluding hydrogens is 660 g/mol. The molecule has 0 radical (unpaired) electrons. The van der Waals surface area contributed by atoms with Gasteiger partial charge in [0.15, 0.2) is 0 Å². The largest absolute Gasteiger partial charge is 4.00 e. The summed E-state index contributed by atoms with van der Waals surface area (Å²) in [4.78, 5) is 63.9. The summed E-state index contributed by atoms with van der Waals surface area (Å²) < 4.78 is 6.47. The van der Waals surface area contributed by atoms with E-state index in [0.29, 0.717) is 0 Å². The molecule has 0 aromatic carbocycles. The van der Waals surface area contributed by atoms with Gasteiger partial charge in [-0.25, -0.2) is 0 Å². The van der Waals surface area contributed by atoms with E-state index in [1.165, 1.54) is 0 Å². The molecule has 0 bridgehead atoms. The van der Waals surface area contributed by atoms with Gasteiger partial charge in [-0.2, -0.15) is 0 Å². The first-order valence-corrected chi connectivity index (χ1v) is 8.70. The number of carbonyl (C=O) groups is 7. The molecule has 25 heteroatoms. The molecular formula is C14H29AlClN7O15Zr. The van der Waals surface area contributed by atoms with Gasteiger partial charge in [0.05, 0.1) is 53.7 Å². The number of carboxylic acids is 7. The zero-order valence-electron chi connectivity index (χ0n) is 20.1. The van der Waals surface area contributed by atoms with Crippen LogP contribution in [0.1, 0.15) is 0 Å². The van der Waals surface area contributed by atoms with Crippen LogP contribution in [0, 0.1) is 0 Å². The van der Waals surface area contributed by atoms with E-state index in [9.17, 15) is 0 Å². The Labute approximate surface area is 256 Å². The van der Waals surface area contributed by atoms with Crippen molar-refractivity contribution >= 4 is 71.0 Å². The minimum Gasteiger partial charge on any atom is -0.549 e. The van der Waals surface area contributed by atoms with E-state index in [1.807, 2.05) is 0 Å². The Bertz CT molecular complexity index is 459. The van der Waals surface area contributed by atoms with E-state index in [0.717, 1.165) is 0 Å². The maximum Gasteiger partial charge on any atom is 4.00 e. The van der Waals surface area contributed by atoms with Gasteiger partial charge in [-0.05, 0) is 0 Å². The third-order valence-electron chi connectivity index (χ3n) is 1.17. The molecule has 0 atom stereocenters. The second-order valence-corrected chi connectivity index (χ2v) is 4.03. The van der Waals surface area contributed by atoms with Crippen molar-refractivity contribution in [3.05, 3.63) is 0 Å². The number of hydrogen-bond donors (Lipinski definition) is 8. The Balaban J connectivity index is -0.0000000308. The average Bonchev–Trinajstić information content (AvgIpc) is 2.86. The maximum absolute atomic E-state index is 9.13. The molecule has 224 valence electrons. The molecule has 0 aliphatic carbocycles. The molecule has 0 unspecified atom stereocenters. The summed E-state index contributed by atoms with van der Waals surface area (Å²) in [5.74, 6) is -8.52. The van der Waals surface area contributed by atoms with Crippen LogP contribution >= 0.6 is 11.9 Å². The van der Waals surface area contributed by atoms with E-state index in [1.54, 1.807) is 0 Å². The van der Waals surface area contributed by atoms with Gasteiger partial charge in [0.25, 0.3) is 0 Å². The third-order valence-corrected chi connectivity index (χ3v) is 1.17. The summed E-state index contributed by atoms with van der Waals surface area (Å²) in [7, 11) is 0. The standard InChI is InChI=1S/7C2H5NO2.Al.ClHO.Zr/c7*3-1-2(4)5;;1-2;/h7*1,3H2,(H,4,5);;2H;/q;;;;;;;+3;;+4/p-7. The van der Waals surface area contributed by atoms with Crippen LogP contribution in [0.5, 0.6) is 0 Å². The van der Waals surface area contributed by atoms with E-state index in [-0.39, 0.29) is 89.4 Å². The number of hydrogen-bond acceptors (Lipinski definition) is 22. The van der Waals surface area contributed by atoms with Gasteiger partial charge < -0.3 is 109 Å². The summed E-state index contributed by atoms with van der Waals surface area (Å²) in [6.45, 7) is -2.72. The minimum atomic E-state index is -1.22. The van der Waals surface area contributed by atoms with Gasteiger partial charge in [-0.3, -0.25) is 4.66 Å². The SMILES string of the molecule is NCC(=O)[O-].NCC(=O)[O-].NCC(=O)[O-].NCC(=O)[O-].NCC(=O)[O-].NCC(=O)[O-].NCC(=O)[O-].OCl.[Al+3].[Zr+4]. The second-order valence-electron chi connectivity index (χ2n) is 4.03. The molecule has 0 aliphatic heterocycles. The molecule has 0 fully saturated rings. The smallest absolute Gasteiger partial charge is 0.549 e. The zero-order valence-corrected chi connectivity index (χ0v) is 24.5. The van der Waals surface area contributed by atoms with Crippen molar-refractivity contribution in [3.8, 4) is 0 Å². The number of aliphatic carboxylic acids is 7. The Morgan fingerprint density at radius 2 is 0.410 bits per heavy atom. The molecule has 0 rings (SSSR count). The fraction of sp³-hybridized carbons (Fsp3) is 0.500. The number of carbonyl (C=O) groups excluding carboxylic acids is 7. The van der Waals surface area contributed by atoms with Gasteiger partial charge in [0.2, 0.25) is 0 Å². The Kier molecular flexibility index (Phi) is 109. The summed E-state index contributed by atoms with van der Waals surface area (Å²) in [6, 6.07) is 0. The van der Waals surface area contributed by atoms with Gasteiger partial charge in [-0.1, -0.05) is 0 Å². The minimum absolute atomic E-state index is 0. The van der Waals surface area contributed by atoms with E-state index >= 15 is 0 Å². The number of rotatable bonds is 7. The first kappa shape index (κ1) is 65.6. The normalized spacial score (nSPS) is 6.79. The number of nitrogens with two attached hydrogens (primary N) is 7. The molecule has 22 nitrogen and oxygen atoms in total. The quantitative estimate of drug-likeness (QED) is 0.115. The van der Waals surface area contributed by atoms with Crippen molar-refractivity contribution in [1.29, 1.82) is 0 Å². The molecule has 39 heavy (non-hydrogen) atoms. The van der Waals surface area contributed by atoms with E-state index < -0.39 is 41.8 Å². The van der Waals surface area contributed by atoms with Crippen molar-refractivity contribution in [2.24, 2.45) is 40.1 Å². The number of carboxylic acid groups (broad SMARTS) is 7. The van der Waals surface area contributed by atoms with Crippen molar-refractivity contribution in [2.75, 3.05) is 45.8 Å². The summed E-state index contributed by atoms with van der Waals surface area (Å²) >= 11 is 3.64. The van der Waals surface area contributed by atoms with Gasteiger partial charge >= 0.3 is 43.6 Å². The van der Waals surface area contributed by atoms with Crippen molar-refractivity contribution in [1.82, 2.24) is 0 Å². The monoisotopic (exact) mass is 687 g/mol. The fourth-order valence-corrected chi connectivity index (χ4v) is 0. The second kappa shape index (κ2) is 65.1. The first-order chi connectivity index (χ1) is 16.9.